The van der Waals surface area contributed by atoms with Gasteiger partial charge in [-0.1, -0.05) is 55.0 Å². The normalized spacial score (nSPS) is 11.9. The summed E-state index contributed by atoms with van der Waals surface area (Å²) < 4.78 is 14.3. The van der Waals surface area contributed by atoms with Crippen LogP contribution in [0.1, 0.15) is 56.4 Å². The highest BCUT2D eigenvalue weighted by Crippen LogP contribution is 2.33. The molecule has 2 heteroatoms. The van der Waals surface area contributed by atoms with E-state index >= 15 is 0 Å². The van der Waals surface area contributed by atoms with Gasteiger partial charge in [-0.25, -0.2) is 4.39 Å². The number of hydrogen-bond donors (Lipinski definition) is 0. The third-order valence-corrected chi connectivity index (χ3v) is 5.07. The molecule has 0 saturated heterocycles. The van der Waals surface area contributed by atoms with Gasteiger partial charge in [-0.2, -0.15) is 0 Å². The molecular weight excluding hydrogens is 338 g/mol. The molecule has 0 aliphatic heterocycles. The van der Waals surface area contributed by atoms with Crippen LogP contribution in [0.3, 0.4) is 0 Å². The molecule has 0 aromatic heterocycles. The summed E-state index contributed by atoms with van der Waals surface area (Å²) in [6, 6.07) is 11.5. The average Bonchev–Trinajstić information content (AvgIpc) is 2.58. The third-order valence-electron chi connectivity index (χ3n) is 4.71. The molecule has 0 N–H and O–H groups in total. The Morgan fingerprint density at radius 1 is 1.00 bits per heavy atom. The summed E-state index contributed by atoms with van der Waals surface area (Å²) in [4.78, 5) is 0. The number of hydrogen-bond acceptors (Lipinski definition) is 0. The molecule has 1 unspecified atom stereocenters. The molecule has 0 bridgehead atoms. The summed E-state index contributed by atoms with van der Waals surface area (Å²) in [5.41, 5.74) is 8.56. The van der Waals surface area contributed by atoms with Gasteiger partial charge in [0.05, 0.1) is 0 Å². The van der Waals surface area contributed by atoms with E-state index in [0.717, 1.165) is 39.6 Å². The van der Waals surface area contributed by atoms with Crippen LogP contribution in [0.15, 0.2) is 60.7 Å². The molecule has 2 aromatic carbocycles. The van der Waals surface area contributed by atoms with Crippen molar-refractivity contribution in [2.45, 2.75) is 40.5 Å². The van der Waals surface area contributed by atoms with Crippen LogP contribution in [0.4, 0.5) is 4.39 Å². The quantitative estimate of drug-likeness (QED) is 0.394. The summed E-state index contributed by atoms with van der Waals surface area (Å²) in [5, 5.41) is 0.988. The third kappa shape index (κ3) is 4.59. The van der Waals surface area contributed by atoms with Crippen molar-refractivity contribution >= 4 is 25.7 Å². The molecule has 0 saturated carbocycles. The van der Waals surface area contributed by atoms with Crippen molar-refractivity contribution in [3.8, 4) is 0 Å². The number of allylic oxidation sites excluding steroid dienone is 4. The summed E-state index contributed by atoms with van der Waals surface area (Å²) in [6.45, 7) is 16.6. The van der Waals surface area contributed by atoms with Crippen LogP contribution < -0.4 is 5.30 Å². The highest BCUT2D eigenvalue weighted by atomic mass is 31.0. The average molecular weight is 366 g/mol. The first-order chi connectivity index (χ1) is 12.2. The Kier molecular flexibility index (Phi) is 6.73. The Hall–Kier alpha value is -1.98. The van der Waals surface area contributed by atoms with Gasteiger partial charge < -0.3 is 0 Å². The molecule has 0 aliphatic carbocycles. The van der Waals surface area contributed by atoms with E-state index in [1.54, 1.807) is 6.07 Å². The van der Waals surface area contributed by atoms with Gasteiger partial charge in [-0.15, -0.1) is 9.24 Å². The molecule has 0 nitrogen and oxygen atoms in total. The van der Waals surface area contributed by atoms with Crippen LogP contribution in [0.5, 0.6) is 0 Å². The van der Waals surface area contributed by atoms with E-state index in [-0.39, 0.29) is 5.82 Å². The van der Waals surface area contributed by atoms with E-state index in [0.29, 0.717) is 12.0 Å². The maximum atomic E-state index is 14.3. The molecule has 0 heterocycles. The van der Waals surface area contributed by atoms with Gasteiger partial charge in [0.25, 0.3) is 0 Å². The summed E-state index contributed by atoms with van der Waals surface area (Å²) in [6.07, 6.45) is 1.50. The molecule has 0 spiro atoms. The monoisotopic (exact) mass is 366 g/mol. The Morgan fingerprint density at radius 2 is 1.69 bits per heavy atom. The molecule has 1 atom stereocenters. The largest absolute Gasteiger partial charge is 0.207 e. The van der Waals surface area contributed by atoms with E-state index in [9.17, 15) is 4.39 Å². The topological polar surface area (TPSA) is 0 Å². The van der Waals surface area contributed by atoms with Gasteiger partial charge >= 0.3 is 0 Å². The highest BCUT2D eigenvalue weighted by molar-refractivity contribution is 7.27. The summed E-state index contributed by atoms with van der Waals surface area (Å²) in [7, 11) is 2.64. The Balaban J connectivity index is 2.68. The van der Waals surface area contributed by atoms with Crippen LogP contribution in [-0.2, 0) is 6.42 Å². The van der Waals surface area contributed by atoms with Crippen molar-refractivity contribution in [3.63, 3.8) is 0 Å². The molecule has 2 aromatic rings. The van der Waals surface area contributed by atoms with Crippen LogP contribution in [0.2, 0.25) is 0 Å². The zero-order valence-corrected chi connectivity index (χ0v) is 17.4. The van der Waals surface area contributed by atoms with Crippen LogP contribution in [-0.4, -0.2) is 0 Å². The van der Waals surface area contributed by atoms with Crippen LogP contribution in [0.25, 0.3) is 11.1 Å². The molecular formula is C24H28FP. The second-order valence-electron chi connectivity index (χ2n) is 6.97. The lowest BCUT2D eigenvalue weighted by Crippen LogP contribution is -2.03. The second kappa shape index (κ2) is 8.60. The maximum Gasteiger partial charge on any atom is 0.126 e. The second-order valence-corrected chi connectivity index (χ2v) is 7.64. The fourth-order valence-electron chi connectivity index (χ4n) is 3.16. The van der Waals surface area contributed by atoms with E-state index in [1.165, 1.54) is 17.2 Å². The first-order valence-corrected chi connectivity index (χ1v) is 9.51. The first-order valence-electron chi connectivity index (χ1n) is 8.93. The van der Waals surface area contributed by atoms with Crippen LogP contribution in [0, 0.1) is 5.82 Å². The zero-order chi connectivity index (χ0) is 19.4. The van der Waals surface area contributed by atoms with Crippen molar-refractivity contribution in [1.29, 1.82) is 0 Å². The van der Waals surface area contributed by atoms with Crippen LogP contribution >= 0.6 is 9.24 Å². The summed E-state index contributed by atoms with van der Waals surface area (Å²) >= 11 is 0. The van der Waals surface area contributed by atoms with Gasteiger partial charge in [0.15, 0.2) is 0 Å². The molecule has 136 valence electrons. The number of benzene rings is 2. The minimum absolute atomic E-state index is 0.167. The fraction of sp³-hybridized carbons (Fsp3) is 0.250. The van der Waals surface area contributed by atoms with E-state index < -0.39 is 0 Å². The lowest BCUT2D eigenvalue weighted by atomic mass is 9.86. The Bertz CT molecular complexity index is 887. The van der Waals surface area contributed by atoms with E-state index in [1.807, 2.05) is 19.9 Å². The predicted octanol–water partition coefficient (Wildman–Crippen LogP) is 6.71. The maximum absolute atomic E-state index is 14.3. The lowest BCUT2D eigenvalue weighted by Gasteiger charge is -2.18. The predicted molar refractivity (Wildman–Crippen MR) is 117 cm³/mol. The minimum Gasteiger partial charge on any atom is -0.207 e. The zero-order valence-electron chi connectivity index (χ0n) is 16.2. The molecule has 0 amide bonds. The van der Waals surface area contributed by atoms with Gasteiger partial charge in [0.2, 0.25) is 0 Å². The molecule has 0 radical (unpaired) electrons. The van der Waals surface area contributed by atoms with Gasteiger partial charge in [0.1, 0.15) is 5.82 Å². The Labute approximate surface area is 159 Å². The smallest absolute Gasteiger partial charge is 0.126 e. The molecule has 26 heavy (non-hydrogen) atoms. The van der Waals surface area contributed by atoms with Crippen molar-refractivity contribution in [2.75, 3.05) is 0 Å². The molecule has 2 rings (SSSR count). The Morgan fingerprint density at radius 3 is 2.27 bits per heavy atom. The van der Waals surface area contributed by atoms with Gasteiger partial charge in [0, 0.05) is 6.42 Å². The SMILES string of the molecule is C=C(C)/C(=C(/C)CC)c1cc(C(=C)C)ccc1Cc1cc(P)ccc1F. The van der Waals surface area contributed by atoms with Crippen molar-refractivity contribution in [1.82, 2.24) is 0 Å². The van der Waals surface area contributed by atoms with Crippen molar-refractivity contribution < 1.29 is 4.39 Å². The van der Waals surface area contributed by atoms with E-state index in [2.05, 4.69) is 54.4 Å². The van der Waals surface area contributed by atoms with Crippen molar-refractivity contribution in [3.05, 3.63) is 88.8 Å². The van der Waals surface area contributed by atoms with E-state index in [4.69, 9.17) is 0 Å². The van der Waals surface area contributed by atoms with Gasteiger partial charge in [-0.05, 0) is 78.5 Å². The number of rotatable bonds is 6. The summed E-state index contributed by atoms with van der Waals surface area (Å²) in [5.74, 6) is -0.167. The molecule has 0 aliphatic rings. The first kappa shape index (κ1) is 20.3. The van der Waals surface area contributed by atoms with Crippen molar-refractivity contribution in [2.24, 2.45) is 0 Å². The number of halogens is 1. The lowest BCUT2D eigenvalue weighted by molar-refractivity contribution is 0.614. The molecule has 0 fully saturated rings. The fourth-order valence-corrected chi connectivity index (χ4v) is 3.46. The highest BCUT2D eigenvalue weighted by Gasteiger charge is 2.14. The standard InChI is InChI=1S/C24H28FP/c1-7-17(6)24(16(4)5)22-14-18(15(2)3)8-9-19(22)12-20-13-21(26)10-11-23(20)25/h8-11,13-14H,2,4,7,12,26H2,1,3,5-6H3/b24-17+. The van der Waals surface area contributed by atoms with Gasteiger partial charge in [-0.3, -0.25) is 0 Å². The minimum atomic E-state index is -0.167.